The summed E-state index contributed by atoms with van der Waals surface area (Å²) >= 11 is 0. The third-order valence-electron chi connectivity index (χ3n) is 1.71. The molecule has 16 heavy (non-hydrogen) atoms. The van der Waals surface area contributed by atoms with E-state index in [1.54, 1.807) is 12.1 Å². The van der Waals surface area contributed by atoms with Gasteiger partial charge in [0.2, 0.25) is 0 Å². The monoisotopic (exact) mass is 218 g/mol. The van der Waals surface area contributed by atoms with Gasteiger partial charge >= 0.3 is 6.09 Å². The lowest BCUT2D eigenvalue weighted by atomic mass is 10.2. The molecule has 0 aliphatic heterocycles. The number of benzene rings is 1. The molecule has 0 spiro atoms. The van der Waals surface area contributed by atoms with E-state index in [4.69, 9.17) is 4.74 Å². The number of amides is 1. The normalized spacial score (nSPS) is 10.7. The van der Waals surface area contributed by atoms with Crippen molar-refractivity contribution in [3.63, 3.8) is 0 Å². The summed E-state index contributed by atoms with van der Waals surface area (Å²) in [6.45, 7) is 9.00. The molecule has 0 heterocycles. The summed E-state index contributed by atoms with van der Waals surface area (Å²) in [5, 5.41) is 2.64. The van der Waals surface area contributed by atoms with Crippen LogP contribution in [0.25, 0.3) is 0 Å². The number of ether oxygens (including phenoxy) is 1. The average molecular weight is 218 g/mol. The number of hydrogen-bond acceptors (Lipinski definition) is 2. The van der Waals surface area contributed by atoms with Crippen LogP contribution in [0.4, 0.5) is 10.5 Å². The maximum atomic E-state index is 11.5. The zero-order valence-corrected chi connectivity index (χ0v) is 9.83. The Morgan fingerprint density at radius 3 is 2.69 bits per heavy atom. The van der Waals surface area contributed by atoms with E-state index in [0.29, 0.717) is 5.69 Å². The molecular formula is C13H16NO2. The lowest BCUT2D eigenvalue weighted by molar-refractivity contribution is 0.0636. The molecule has 0 bridgehead atoms. The van der Waals surface area contributed by atoms with Crippen molar-refractivity contribution in [1.29, 1.82) is 0 Å². The van der Waals surface area contributed by atoms with Crippen molar-refractivity contribution in [3.8, 4) is 0 Å². The van der Waals surface area contributed by atoms with Crippen molar-refractivity contribution < 1.29 is 9.53 Å². The van der Waals surface area contributed by atoms with Gasteiger partial charge in [0.15, 0.2) is 0 Å². The zero-order chi connectivity index (χ0) is 12.2. The smallest absolute Gasteiger partial charge is 0.412 e. The molecule has 1 aromatic rings. The first-order valence-electron chi connectivity index (χ1n) is 5.04. The second-order valence-electron chi connectivity index (χ2n) is 4.38. The molecule has 3 heteroatoms. The molecule has 0 atom stereocenters. The van der Waals surface area contributed by atoms with Crippen molar-refractivity contribution in [2.45, 2.75) is 26.4 Å². The Hall–Kier alpha value is -1.77. The van der Waals surface area contributed by atoms with Crippen molar-refractivity contribution in [2.24, 2.45) is 0 Å². The lowest BCUT2D eigenvalue weighted by Gasteiger charge is -2.19. The van der Waals surface area contributed by atoms with Gasteiger partial charge in [0, 0.05) is 5.69 Å². The second-order valence-corrected chi connectivity index (χ2v) is 4.38. The molecule has 0 unspecified atom stereocenters. The molecule has 1 rings (SSSR count). The standard InChI is InChI=1S/C13H16NO2/c1-5-10-7-6-8-11(9-10)14-12(15)16-13(2,3)4/h6-9H,1H2,2-4H3,(H,14,15). The van der Waals surface area contributed by atoms with E-state index in [1.165, 1.54) is 0 Å². The topological polar surface area (TPSA) is 38.3 Å². The van der Waals surface area contributed by atoms with Gasteiger partial charge < -0.3 is 4.74 Å². The Balaban J connectivity index is 2.66. The van der Waals surface area contributed by atoms with Gasteiger partial charge in [0.25, 0.3) is 0 Å². The van der Waals surface area contributed by atoms with Crippen LogP contribution in [0.15, 0.2) is 30.8 Å². The Morgan fingerprint density at radius 2 is 2.12 bits per heavy atom. The zero-order valence-electron chi connectivity index (χ0n) is 9.83. The van der Waals surface area contributed by atoms with Crippen molar-refractivity contribution in [3.05, 3.63) is 42.5 Å². The predicted octanol–water partition coefficient (Wildman–Crippen LogP) is 3.37. The number of rotatable bonds is 2. The minimum Gasteiger partial charge on any atom is -0.444 e. The maximum absolute atomic E-state index is 11.5. The number of carbonyl (C=O) groups excluding carboxylic acids is 1. The summed E-state index contributed by atoms with van der Waals surface area (Å²) in [5.41, 5.74) is 1.00. The van der Waals surface area contributed by atoms with E-state index in [-0.39, 0.29) is 0 Å². The van der Waals surface area contributed by atoms with E-state index in [9.17, 15) is 4.79 Å². The highest BCUT2D eigenvalue weighted by molar-refractivity contribution is 5.84. The fourth-order valence-corrected chi connectivity index (χ4v) is 1.13. The molecule has 0 aliphatic rings. The second kappa shape index (κ2) is 4.84. The third-order valence-corrected chi connectivity index (χ3v) is 1.71. The van der Waals surface area contributed by atoms with Gasteiger partial charge in [-0.15, -0.1) is 0 Å². The largest absolute Gasteiger partial charge is 0.444 e. The van der Waals surface area contributed by atoms with Crippen molar-refractivity contribution in [1.82, 2.24) is 0 Å². The first kappa shape index (κ1) is 12.3. The minimum atomic E-state index is -0.494. The Labute approximate surface area is 96.1 Å². The summed E-state index contributed by atoms with van der Waals surface area (Å²) in [5.74, 6) is 0. The molecule has 1 aromatic carbocycles. The molecule has 1 radical (unpaired) electrons. The van der Waals surface area contributed by atoms with Crippen LogP contribution in [0.2, 0.25) is 0 Å². The molecule has 1 amide bonds. The SMILES string of the molecule is C=[C]c1cccc(NC(=O)OC(C)(C)C)c1. The summed E-state index contributed by atoms with van der Waals surface area (Å²) in [6.07, 6.45) is 2.28. The summed E-state index contributed by atoms with van der Waals surface area (Å²) < 4.78 is 5.13. The predicted molar refractivity (Wildman–Crippen MR) is 64.3 cm³/mol. The molecule has 85 valence electrons. The van der Waals surface area contributed by atoms with E-state index in [1.807, 2.05) is 32.9 Å². The summed E-state index contributed by atoms with van der Waals surface area (Å²) in [7, 11) is 0. The van der Waals surface area contributed by atoms with Crippen molar-refractivity contribution >= 4 is 11.8 Å². The first-order valence-corrected chi connectivity index (χ1v) is 5.04. The fourth-order valence-electron chi connectivity index (χ4n) is 1.13. The van der Waals surface area contributed by atoms with Gasteiger partial charge in [0.1, 0.15) is 5.60 Å². The lowest BCUT2D eigenvalue weighted by Crippen LogP contribution is -2.27. The highest BCUT2D eigenvalue weighted by Crippen LogP contribution is 2.13. The highest BCUT2D eigenvalue weighted by Gasteiger charge is 2.15. The maximum Gasteiger partial charge on any atom is 0.412 e. The van der Waals surface area contributed by atoms with Gasteiger partial charge in [-0.2, -0.15) is 0 Å². The Kier molecular flexibility index (Phi) is 3.72. The van der Waals surface area contributed by atoms with Crippen LogP contribution < -0.4 is 5.32 Å². The Morgan fingerprint density at radius 1 is 1.44 bits per heavy atom. The number of nitrogens with one attached hydrogen (secondary N) is 1. The average Bonchev–Trinajstić information content (AvgIpc) is 2.15. The van der Waals surface area contributed by atoms with Gasteiger partial charge in [-0.05, 0) is 44.5 Å². The molecule has 0 saturated heterocycles. The van der Waals surface area contributed by atoms with Crippen LogP contribution in [-0.4, -0.2) is 11.7 Å². The van der Waals surface area contributed by atoms with Crippen LogP contribution in [0.5, 0.6) is 0 Å². The van der Waals surface area contributed by atoms with Gasteiger partial charge in [-0.25, -0.2) is 4.79 Å². The minimum absolute atomic E-state index is 0.464. The Bertz CT molecular complexity index is 391. The number of hydrogen-bond donors (Lipinski definition) is 1. The van der Waals surface area contributed by atoms with Crippen LogP contribution >= 0.6 is 0 Å². The quantitative estimate of drug-likeness (QED) is 0.826. The van der Waals surface area contributed by atoms with E-state index in [2.05, 4.69) is 18.0 Å². The van der Waals surface area contributed by atoms with Crippen LogP contribution in [0, 0.1) is 6.08 Å². The van der Waals surface area contributed by atoms with Crippen LogP contribution in [0.3, 0.4) is 0 Å². The van der Waals surface area contributed by atoms with E-state index in [0.717, 1.165) is 5.56 Å². The summed E-state index contributed by atoms with van der Waals surface area (Å²) in [4.78, 5) is 11.5. The molecule has 0 aliphatic carbocycles. The molecule has 0 fully saturated rings. The van der Waals surface area contributed by atoms with Crippen LogP contribution in [-0.2, 0) is 4.74 Å². The molecule has 0 aromatic heterocycles. The molecule has 1 N–H and O–H groups in total. The first-order chi connectivity index (χ1) is 7.40. The molecular weight excluding hydrogens is 202 g/mol. The van der Waals surface area contributed by atoms with E-state index >= 15 is 0 Å². The van der Waals surface area contributed by atoms with E-state index < -0.39 is 11.7 Å². The van der Waals surface area contributed by atoms with Gasteiger partial charge in [0.05, 0.1) is 0 Å². The molecule has 3 nitrogen and oxygen atoms in total. The molecule has 0 saturated carbocycles. The van der Waals surface area contributed by atoms with Crippen LogP contribution in [0.1, 0.15) is 26.3 Å². The summed E-state index contributed by atoms with van der Waals surface area (Å²) in [6, 6.07) is 7.23. The fraction of sp³-hybridized carbons (Fsp3) is 0.308. The number of carbonyl (C=O) groups is 1. The third kappa shape index (κ3) is 4.17. The van der Waals surface area contributed by atoms with Gasteiger partial charge in [-0.3, -0.25) is 5.32 Å². The number of anilines is 1. The van der Waals surface area contributed by atoms with Gasteiger partial charge in [-0.1, -0.05) is 18.7 Å². The van der Waals surface area contributed by atoms with Crippen molar-refractivity contribution in [2.75, 3.05) is 5.32 Å². The highest BCUT2D eigenvalue weighted by atomic mass is 16.6.